The summed E-state index contributed by atoms with van der Waals surface area (Å²) in [7, 11) is -3.24. The first-order valence-electron chi connectivity index (χ1n) is 9.89. The maximum absolute atomic E-state index is 11.5. The molecule has 7 nitrogen and oxygen atoms in total. The molecule has 0 N–H and O–H groups in total. The molecule has 0 amide bonds. The minimum absolute atomic E-state index is 0.207. The van der Waals surface area contributed by atoms with Gasteiger partial charge in [-0.1, -0.05) is 12.1 Å². The minimum Gasteiger partial charge on any atom is -0.490 e. The van der Waals surface area contributed by atoms with Crippen LogP contribution in [-0.4, -0.2) is 69.4 Å². The normalized spacial score (nSPS) is 22.2. The van der Waals surface area contributed by atoms with E-state index in [2.05, 4.69) is 53.6 Å². The van der Waals surface area contributed by atoms with Crippen molar-refractivity contribution in [2.45, 2.75) is 39.3 Å². The zero-order valence-corrected chi connectivity index (χ0v) is 18.4. The average Bonchev–Trinajstić information content (AvgIpc) is 3.06. The fraction of sp³-hybridized carbons (Fsp3) is 0.524. The van der Waals surface area contributed by atoms with Gasteiger partial charge in [0.05, 0.1) is 4.91 Å². The van der Waals surface area contributed by atoms with Gasteiger partial charge in [-0.25, -0.2) is 18.4 Å². The zero-order valence-electron chi connectivity index (χ0n) is 17.6. The molecule has 158 valence electrons. The molecule has 1 saturated heterocycles. The van der Waals surface area contributed by atoms with E-state index >= 15 is 0 Å². The fourth-order valence-electron chi connectivity index (χ4n) is 3.66. The van der Waals surface area contributed by atoms with Gasteiger partial charge in [0, 0.05) is 51.1 Å². The SMILES string of the molecule is C=NC(=N/C=C(\C)S(C)(=O)=O)N1CCN(C(C)c2ccc3c(c2)O[C@H](C)C3)CC1. The molecule has 0 bridgehead atoms. The number of allylic oxidation sites excluding steroid dienone is 1. The van der Waals surface area contributed by atoms with Crippen molar-refractivity contribution in [2.75, 3.05) is 32.4 Å². The largest absolute Gasteiger partial charge is 0.490 e. The molecule has 0 saturated carbocycles. The molecule has 0 aliphatic carbocycles. The summed E-state index contributed by atoms with van der Waals surface area (Å²) in [5, 5.41) is 0. The van der Waals surface area contributed by atoms with E-state index in [9.17, 15) is 8.42 Å². The Balaban J connectivity index is 1.64. The van der Waals surface area contributed by atoms with Crippen molar-refractivity contribution in [3.63, 3.8) is 0 Å². The summed E-state index contributed by atoms with van der Waals surface area (Å²) in [6.45, 7) is 12.7. The van der Waals surface area contributed by atoms with E-state index in [0.717, 1.165) is 38.3 Å². The van der Waals surface area contributed by atoms with E-state index in [1.807, 2.05) is 4.90 Å². The Morgan fingerprint density at radius 2 is 2.00 bits per heavy atom. The topological polar surface area (TPSA) is 74.6 Å². The van der Waals surface area contributed by atoms with Crippen molar-refractivity contribution in [1.29, 1.82) is 0 Å². The molecular weight excluding hydrogens is 388 g/mol. The number of rotatable bonds is 4. The van der Waals surface area contributed by atoms with Gasteiger partial charge in [0.1, 0.15) is 11.9 Å². The van der Waals surface area contributed by atoms with Crippen LogP contribution in [0.1, 0.15) is 37.9 Å². The summed E-state index contributed by atoms with van der Waals surface area (Å²) in [5.74, 6) is 1.47. The molecule has 1 unspecified atom stereocenters. The number of guanidine groups is 1. The lowest BCUT2D eigenvalue weighted by Gasteiger charge is -2.38. The number of ether oxygens (including phenoxy) is 1. The Kier molecular flexibility index (Phi) is 6.43. The van der Waals surface area contributed by atoms with Gasteiger partial charge in [0.2, 0.25) is 5.96 Å². The standard InChI is InChI=1S/C21H30N4O3S/c1-15-12-19-7-6-18(13-20(19)28-15)17(3)24-8-10-25(11-9-24)21(22-4)23-14-16(2)29(5,26)27/h6-7,13-15,17H,4,8-12H2,1-3,5H3/b16-14+,23-21?/t15-,17?/m1/s1. The van der Waals surface area contributed by atoms with Gasteiger partial charge in [-0.2, -0.15) is 0 Å². The number of hydrogen-bond acceptors (Lipinski definition) is 5. The molecule has 0 aromatic heterocycles. The second-order valence-electron chi connectivity index (χ2n) is 7.80. The molecule has 1 fully saturated rings. The van der Waals surface area contributed by atoms with Gasteiger partial charge in [0.25, 0.3) is 0 Å². The van der Waals surface area contributed by atoms with Crippen LogP contribution in [-0.2, 0) is 16.3 Å². The Bertz CT molecular complexity index is 931. The lowest BCUT2D eigenvalue weighted by molar-refractivity contribution is 0.140. The molecule has 2 atom stereocenters. The summed E-state index contributed by atoms with van der Waals surface area (Å²) in [6.07, 6.45) is 3.75. The van der Waals surface area contributed by atoms with Gasteiger partial charge in [0.15, 0.2) is 9.84 Å². The number of aliphatic imine (C=N–C) groups is 2. The predicted octanol–water partition coefficient (Wildman–Crippen LogP) is 2.65. The Hall–Kier alpha value is -2.19. The molecule has 29 heavy (non-hydrogen) atoms. The van der Waals surface area contributed by atoms with Crippen LogP contribution in [0.2, 0.25) is 0 Å². The van der Waals surface area contributed by atoms with Crippen LogP contribution in [0.25, 0.3) is 0 Å². The number of piperazine rings is 1. The number of hydrogen-bond donors (Lipinski definition) is 0. The van der Waals surface area contributed by atoms with Gasteiger partial charge in [-0.15, -0.1) is 0 Å². The highest BCUT2D eigenvalue weighted by atomic mass is 32.2. The Labute approximate surface area is 173 Å². The van der Waals surface area contributed by atoms with Crippen LogP contribution in [0.3, 0.4) is 0 Å². The van der Waals surface area contributed by atoms with E-state index in [1.165, 1.54) is 30.5 Å². The highest BCUT2D eigenvalue weighted by Gasteiger charge is 2.25. The zero-order chi connectivity index (χ0) is 21.2. The van der Waals surface area contributed by atoms with E-state index in [1.54, 1.807) is 0 Å². The van der Waals surface area contributed by atoms with Crippen molar-refractivity contribution in [3.05, 3.63) is 40.4 Å². The van der Waals surface area contributed by atoms with Gasteiger partial charge < -0.3 is 9.64 Å². The Morgan fingerprint density at radius 1 is 1.31 bits per heavy atom. The third-order valence-corrected chi connectivity index (χ3v) is 6.92. The second kappa shape index (κ2) is 8.67. The highest BCUT2D eigenvalue weighted by molar-refractivity contribution is 7.94. The van der Waals surface area contributed by atoms with E-state index in [0.29, 0.717) is 5.96 Å². The molecule has 2 heterocycles. The summed E-state index contributed by atoms with van der Waals surface area (Å²) in [4.78, 5) is 12.9. The molecule has 2 aliphatic rings. The van der Waals surface area contributed by atoms with Crippen molar-refractivity contribution >= 4 is 22.5 Å². The summed E-state index contributed by atoms with van der Waals surface area (Å²) in [6, 6.07) is 6.84. The van der Waals surface area contributed by atoms with Gasteiger partial charge >= 0.3 is 0 Å². The average molecular weight is 419 g/mol. The smallest absolute Gasteiger partial charge is 0.224 e. The number of nitrogens with zero attached hydrogens (tertiary/aromatic N) is 4. The van der Waals surface area contributed by atoms with E-state index < -0.39 is 9.84 Å². The molecule has 3 rings (SSSR count). The quantitative estimate of drug-likeness (QED) is 0.555. The molecular formula is C21H30N4O3S. The predicted molar refractivity (Wildman–Crippen MR) is 117 cm³/mol. The van der Waals surface area contributed by atoms with Crippen LogP contribution in [0.15, 0.2) is 39.3 Å². The van der Waals surface area contributed by atoms with Crippen LogP contribution < -0.4 is 4.74 Å². The van der Waals surface area contributed by atoms with Crippen LogP contribution in [0, 0.1) is 0 Å². The first kappa shape index (κ1) is 21.5. The first-order valence-corrected chi connectivity index (χ1v) is 11.8. The summed E-state index contributed by atoms with van der Waals surface area (Å²) >= 11 is 0. The van der Waals surface area contributed by atoms with Crippen molar-refractivity contribution < 1.29 is 13.2 Å². The molecule has 8 heteroatoms. The van der Waals surface area contributed by atoms with Crippen LogP contribution >= 0.6 is 0 Å². The lowest BCUT2D eigenvalue weighted by atomic mass is 10.0. The summed E-state index contributed by atoms with van der Waals surface area (Å²) in [5.41, 5.74) is 2.54. The van der Waals surface area contributed by atoms with Crippen LogP contribution in [0.4, 0.5) is 0 Å². The maximum atomic E-state index is 11.5. The number of fused-ring (bicyclic) bond motifs is 1. The lowest BCUT2D eigenvalue weighted by Crippen LogP contribution is -2.48. The minimum atomic E-state index is -3.24. The monoisotopic (exact) mass is 418 g/mol. The molecule has 0 spiro atoms. The molecule has 2 aliphatic heterocycles. The van der Waals surface area contributed by atoms with Crippen molar-refractivity contribution in [2.24, 2.45) is 9.98 Å². The van der Waals surface area contributed by atoms with E-state index in [4.69, 9.17) is 4.74 Å². The van der Waals surface area contributed by atoms with Gasteiger partial charge in [-0.3, -0.25) is 4.90 Å². The second-order valence-corrected chi connectivity index (χ2v) is 9.99. The third kappa shape index (κ3) is 5.05. The molecule has 1 aromatic rings. The Morgan fingerprint density at radius 3 is 2.62 bits per heavy atom. The number of benzene rings is 1. The number of sulfone groups is 1. The highest BCUT2D eigenvalue weighted by Crippen LogP contribution is 2.33. The molecule has 0 radical (unpaired) electrons. The van der Waals surface area contributed by atoms with Crippen LogP contribution in [0.5, 0.6) is 5.75 Å². The summed E-state index contributed by atoms with van der Waals surface area (Å²) < 4.78 is 29.0. The van der Waals surface area contributed by atoms with E-state index in [-0.39, 0.29) is 17.1 Å². The molecule has 1 aromatic carbocycles. The van der Waals surface area contributed by atoms with Crippen molar-refractivity contribution in [3.8, 4) is 5.75 Å². The fourth-order valence-corrected chi connectivity index (χ4v) is 3.91. The third-order valence-electron chi connectivity index (χ3n) is 5.64. The van der Waals surface area contributed by atoms with Crippen molar-refractivity contribution in [1.82, 2.24) is 9.80 Å². The maximum Gasteiger partial charge on any atom is 0.224 e. The first-order chi connectivity index (χ1) is 13.7. The van der Waals surface area contributed by atoms with Gasteiger partial charge in [-0.05, 0) is 44.7 Å².